The summed E-state index contributed by atoms with van der Waals surface area (Å²) in [4.78, 5) is 33.8. The van der Waals surface area contributed by atoms with E-state index < -0.39 is 5.69 Å². The first-order valence-electron chi connectivity index (χ1n) is 8.56. The lowest BCUT2D eigenvalue weighted by Crippen LogP contribution is -2.37. The number of aromatic nitrogens is 3. The molecule has 0 spiro atoms. The minimum atomic E-state index is -0.395. The average Bonchev–Trinajstić information content (AvgIpc) is 3.20. The Kier molecular flexibility index (Phi) is 4.21. The molecule has 25 heavy (non-hydrogen) atoms. The summed E-state index contributed by atoms with van der Waals surface area (Å²) in [6.07, 6.45) is 8.66. The topological polar surface area (TPSA) is 77.3 Å². The number of pyridine rings is 1. The zero-order valence-corrected chi connectivity index (χ0v) is 13.8. The molecule has 130 valence electrons. The summed E-state index contributed by atoms with van der Waals surface area (Å²) in [5.41, 5.74) is -0.395. The average molecular weight is 340 g/mol. The van der Waals surface area contributed by atoms with Gasteiger partial charge in [-0.1, -0.05) is 0 Å². The van der Waals surface area contributed by atoms with Gasteiger partial charge in [0.05, 0.1) is 6.20 Å². The van der Waals surface area contributed by atoms with Crippen molar-refractivity contribution in [3.05, 3.63) is 53.5 Å². The van der Waals surface area contributed by atoms with E-state index >= 15 is 0 Å². The Morgan fingerprint density at radius 2 is 2.16 bits per heavy atom. The predicted molar refractivity (Wildman–Crippen MR) is 89.9 cm³/mol. The van der Waals surface area contributed by atoms with Crippen LogP contribution >= 0.6 is 0 Å². The van der Waals surface area contributed by atoms with Crippen molar-refractivity contribution in [2.45, 2.75) is 25.5 Å². The maximum atomic E-state index is 12.6. The Hall–Kier alpha value is -2.70. The fraction of sp³-hybridized carbons (Fsp3) is 0.444. The van der Waals surface area contributed by atoms with Gasteiger partial charge in [-0.3, -0.25) is 14.3 Å². The molecule has 1 aliphatic carbocycles. The fourth-order valence-electron chi connectivity index (χ4n) is 3.91. The lowest BCUT2D eigenvalue weighted by atomic mass is 9.99. The number of rotatable bonds is 4. The lowest BCUT2D eigenvalue weighted by molar-refractivity contribution is -0.131. The van der Waals surface area contributed by atoms with Crippen LogP contribution in [0.25, 0.3) is 0 Å². The van der Waals surface area contributed by atoms with Crippen LogP contribution < -0.4 is 10.4 Å². The van der Waals surface area contributed by atoms with Crippen molar-refractivity contribution in [1.82, 2.24) is 19.4 Å². The van der Waals surface area contributed by atoms with Crippen molar-refractivity contribution in [2.24, 2.45) is 11.8 Å². The SMILES string of the molecule is O=C(Cn1cccnc1=O)N1C[C@H]2CC[C@@H](Oc3cccnc3)[C@H]2C1. The van der Waals surface area contributed by atoms with Gasteiger partial charge < -0.3 is 9.64 Å². The minimum Gasteiger partial charge on any atom is -0.488 e. The number of ether oxygens (including phenoxy) is 1. The number of amides is 1. The van der Waals surface area contributed by atoms with Crippen LogP contribution in [-0.2, 0) is 11.3 Å². The van der Waals surface area contributed by atoms with E-state index in [0.29, 0.717) is 18.4 Å². The van der Waals surface area contributed by atoms with Gasteiger partial charge in [0.2, 0.25) is 5.91 Å². The van der Waals surface area contributed by atoms with Crippen LogP contribution in [0.1, 0.15) is 12.8 Å². The molecular formula is C18H20N4O3. The van der Waals surface area contributed by atoms with Gasteiger partial charge in [0.15, 0.2) is 0 Å². The third kappa shape index (κ3) is 3.26. The molecule has 2 aromatic heterocycles. The third-order valence-electron chi connectivity index (χ3n) is 5.15. The van der Waals surface area contributed by atoms with Crippen molar-refractivity contribution in [1.29, 1.82) is 0 Å². The minimum absolute atomic E-state index is 0.0374. The summed E-state index contributed by atoms with van der Waals surface area (Å²) in [5, 5.41) is 0. The number of hydrogen-bond acceptors (Lipinski definition) is 5. The first-order chi connectivity index (χ1) is 12.2. The van der Waals surface area contributed by atoms with E-state index in [4.69, 9.17) is 4.74 Å². The summed E-state index contributed by atoms with van der Waals surface area (Å²) in [7, 11) is 0. The lowest BCUT2D eigenvalue weighted by Gasteiger charge is -2.22. The fourth-order valence-corrected chi connectivity index (χ4v) is 3.91. The molecule has 0 unspecified atom stereocenters. The Labute approximate surface area is 145 Å². The van der Waals surface area contributed by atoms with Crippen LogP contribution in [-0.4, -0.2) is 44.5 Å². The highest BCUT2D eigenvalue weighted by atomic mass is 16.5. The second-order valence-corrected chi connectivity index (χ2v) is 6.68. The van der Waals surface area contributed by atoms with E-state index in [9.17, 15) is 9.59 Å². The van der Waals surface area contributed by atoms with Crippen LogP contribution in [0.15, 0.2) is 47.8 Å². The molecule has 0 bridgehead atoms. The number of nitrogens with zero attached hydrogens (tertiary/aromatic N) is 4. The predicted octanol–water partition coefficient (Wildman–Crippen LogP) is 0.954. The Bertz CT molecular complexity index is 807. The molecule has 3 atom stereocenters. The molecule has 2 aromatic rings. The van der Waals surface area contributed by atoms with Crippen molar-refractivity contribution in [3.63, 3.8) is 0 Å². The largest absolute Gasteiger partial charge is 0.488 e. The van der Waals surface area contributed by atoms with Crippen molar-refractivity contribution >= 4 is 5.91 Å². The normalized spacial score (nSPS) is 25.0. The molecule has 2 fully saturated rings. The number of hydrogen-bond donors (Lipinski definition) is 0. The first-order valence-corrected chi connectivity index (χ1v) is 8.56. The quantitative estimate of drug-likeness (QED) is 0.828. The standard InChI is InChI=1S/C18H20N4O3/c23-17(12-21-8-2-7-20-18(21)24)22-10-13-4-5-16(15(13)11-22)25-14-3-1-6-19-9-14/h1-3,6-9,13,15-16H,4-5,10-12H2/t13-,15+,16-/m1/s1. The van der Waals surface area contributed by atoms with Crippen molar-refractivity contribution in [3.8, 4) is 5.75 Å². The molecule has 7 nitrogen and oxygen atoms in total. The highest BCUT2D eigenvalue weighted by molar-refractivity contribution is 5.76. The van der Waals surface area contributed by atoms with Crippen molar-refractivity contribution in [2.75, 3.05) is 13.1 Å². The summed E-state index contributed by atoms with van der Waals surface area (Å²) in [6, 6.07) is 5.43. The molecule has 0 aromatic carbocycles. The molecule has 2 aliphatic rings. The molecule has 1 saturated carbocycles. The summed E-state index contributed by atoms with van der Waals surface area (Å²) in [5.74, 6) is 1.55. The molecule has 4 rings (SSSR count). The molecule has 0 N–H and O–H groups in total. The van der Waals surface area contributed by atoms with Gasteiger partial charge >= 0.3 is 5.69 Å². The summed E-state index contributed by atoms with van der Waals surface area (Å²) in [6.45, 7) is 1.47. The van der Waals surface area contributed by atoms with E-state index in [1.165, 1.54) is 10.8 Å². The highest BCUT2D eigenvalue weighted by Crippen LogP contribution is 2.40. The molecule has 3 heterocycles. The van der Waals surface area contributed by atoms with E-state index in [1.807, 2.05) is 17.0 Å². The second-order valence-electron chi connectivity index (χ2n) is 6.68. The second kappa shape index (κ2) is 6.66. The van der Waals surface area contributed by atoms with E-state index in [0.717, 1.165) is 25.1 Å². The number of carbonyl (C=O) groups is 1. The summed E-state index contributed by atoms with van der Waals surface area (Å²) < 4.78 is 7.44. The van der Waals surface area contributed by atoms with Gasteiger partial charge in [-0.15, -0.1) is 0 Å². The van der Waals surface area contributed by atoms with Gasteiger partial charge in [0.1, 0.15) is 18.4 Å². The number of fused-ring (bicyclic) bond motifs is 1. The van der Waals surface area contributed by atoms with Crippen LogP contribution in [0.2, 0.25) is 0 Å². The van der Waals surface area contributed by atoms with Gasteiger partial charge in [-0.2, -0.15) is 0 Å². The van der Waals surface area contributed by atoms with Gasteiger partial charge in [0, 0.05) is 37.6 Å². The van der Waals surface area contributed by atoms with Gasteiger partial charge in [-0.25, -0.2) is 9.78 Å². The molecule has 0 radical (unpaired) electrons. The molecule has 7 heteroatoms. The van der Waals surface area contributed by atoms with E-state index in [1.54, 1.807) is 24.7 Å². The number of carbonyl (C=O) groups excluding carboxylic acids is 1. The van der Waals surface area contributed by atoms with Crippen LogP contribution in [0, 0.1) is 11.8 Å². The maximum Gasteiger partial charge on any atom is 0.347 e. The van der Waals surface area contributed by atoms with Crippen LogP contribution in [0.4, 0.5) is 0 Å². The van der Waals surface area contributed by atoms with Crippen LogP contribution in [0.3, 0.4) is 0 Å². The van der Waals surface area contributed by atoms with Crippen molar-refractivity contribution < 1.29 is 9.53 Å². The molecular weight excluding hydrogens is 320 g/mol. The zero-order valence-electron chi connectivity index (χ0n) is 13.8. The third-order valence-corrected chi connectivity index (χ3v) is 5.15. The first kappa shape index (κ1) is 15.8. The van der Waals surface area contributed by atoms with Gasteiger partial charge in [0.25, 0.3) is 0 Å². The number of likely N-dealkylation sites (tertiary alicyclic amines) is 1. The Balaban J connectivity index is 1.40. The summed E-state index contributed by atoms with van der Waals surface area (Å²) >= 11 is 0. The highest BCUT2D eigenvalue weighted by Gasteiger charge is 2.45. The molecule has 1 saturated heterocycles. The maximum absolute atomic E-state index is 12.6. The molecule has 1 amide bonds. The van der Waals surface area contributed by atoms with Crippen LogP contribution in [0.5, 0.6) is 5.75 Å². The monoisotopic (exact) mass is 340 g/mol. The van der Waals surface area contributed by atoms with Gasteiger partial charge in [-0.05, 0) is 37.0 Å². The smallest absolute Gasteiger partial charge is 0.347 e. The Morgan fingerprint density at radius 3 is 2.96 bits per heavy atom. The van der Waals surface area contributed by atoms with E-state index in [2.05, 4.69) is 9.97 Å². The zero-order chi connectivity index (χ0) is 17.2. The van der Waals surface area contributed by atoms with E-state index in [-0.39, 0.29) is 18.6 Å². The Morgan fingerprint density at radius 1 is 1.24 bits per heavy atom. The molecule has 1 aliphatic heterocycles.